The zero-order valence-corrected chi connectivity index (χ0v) is 9.50. The number of carbonyl (C=O) groups is 1. The van der Waals surface area contributed by atoms with Gasteiger partial charge in [0.15, 0.2) is 0 Å². The maximum atomic E-state index is 12.6. The fourth-order valence-electron chi connectivity index (χ4n) is 1.26. The molecule has 0 amide bonds. The van der Waals surface area contributed by atoms with Crippen molar-refractivity contribution in [3.63, 3.8) is 0 Å². The summed E-state index contributed by atoms with van der Waals surface area (Å²) in [5.41, 5.74) is 0.633. The highest BCUT2D eigenvalue weighted by Crippen LogP contribution is 2.28. The monoisotopic (exact) mass is 310 g/mol. The molecule has 0 atom stereocenters. The lowest BCUT2D eigenvalue weighted by Crippen LogP contribution is -1.98. The molecule has 14 heavy (non-hydrogen) atoms. The average molecular weight is 310 g/mol. The van der Waals surface area contributed by atoms with Crippen LogP contribution in [0.5, 0.6) is 0 Å². The van der Waals surface area contributed by atoms with Crippen molar-refractivity contribution in [2.24, 2.45) is 0 Å². The van der Waals surface area contributed by atoms with E-state index in [-0.39, 0.29) is 5.56 Å². The fraction of sp³-hybridized carbons (Fsp3) is 0.300. The zero-order valence-electron chi connectivity index (χ0n) is 7.34. The molecule has 0 aliphatic rings. The summed E-state index contributed by atoms with van der Waals surface area (Å²) in [7, 11) is 0. The van der Waals surface area contributed by atoms with Gasteiger partial charge in [-0.15, -0.1) is 0 Å². The predicted octanol–water partition coefficient (Wildman–Crippen LogP) is 3.36. The number of hydrogen-bond acceptors (Lipinski definition) is 1. The normalized spacial score (nSPS) is 10.6. The maximum absolute atomic E-state index is 12.6. The highest BCUT2D eigenvalue weighted by Gasteiger charge is 2.15. The Morgan fingerprint density at radius 3 is 2.71 bits per heavy atom. The van der Waals surface area contributed by atoms with Crippen molar-refractivity contribution in [3.05, 3.63) is 32.9 Å². The van der Waals surface area contributed by atoms with Crippen LogP contribution in [0, 0.1) is 3.57 Å². The molecule has 1 nitrogen and oxygen atoms in total. The van der Waals surface area contributed by atoms with Gasteiger partial charge in [0.25, 0.3) is 6.43 Å². The second kappa shape index (κ2) is 5.38. The minimum atomic E-state index is -2.47. The summed E-state index contributed by atoms with van der Waals surface area (Å²) in [5.74, 6) is 0. The Bertz CT molecular complexity index is 326. The number of aryl methyl sites for hydroxylation is 1. The average Bonchev–Trinajstić information content (AvgIpc) is 2.14. The van der Waals surface area contributed by atoms with Crippen LogP contribution in [0.2, 0.25) is 0 Å². The Balaban J connectivity index is 3.01. The molecular weight excluding hydrogens is 301 g/mol. The van der Waals surface area contributed by atoms with Crippen LogP contribution < -0.4 is 0 Å². The molecule has 0 fully saturated rings. The third-order valence-electron chi connectivity index (χ3n) is 1.89. The Hall–Kier alpha value is -0.520. The van der Waals surface area contributed by atoms with Crippen molar-refractivity contribution in [1.82, 2.24) is 0 Å². The van der Waals surface area contributed by atoms with Gasteiger partial charge in [-0.1, -0.05) is 12.1 Å². The van der Waals surface area contributed by atoms with E-state index in [1.165, 1.54) is 0 Å². The summed E-state index contributed by atoms with van der Waals surface area (Å²) in [6, 6.07) is 5.02. The molecule has 0 bridgehead atoms. The van der Waals surface area contributed by atoms with Gasteiger partial charge in [-0.3, -0.25) is 0 Å². The molecule has 76 valence electrons. The molecule has 0 spiro atoms. The molecule has 4 heteroatoms. The minimum absolute atomic E-state index is 0.0648. The molecule has 0 aliphatic carbocycles. The number of benzene rings is 1. The largest absolute Gasteiger partial charge is 0.303 e. The Morgan fingerprint density at radius 2 is 2.14 bits per heavy atom. The molecule has 0 unspecified atom stereocenters. The Morgan fingerprint density at radius 1 is 1.43 bits per heavy atom. The predicted molar refractivity (Wildman–Crippen MR) is 58.5 cm³/mol. The van der Waals surface area contributed by atoms with Gasteiger partial charge in [-0.2, -0.15) is 0 Å². The summed E-state index contributed by atoms with van der Waals surface area (Å²) in [5, 5.41) is 0. The lowest BCUT2D eigenvalue weighted by Gasteiger charge is -2.09. The molecule has 0 N–H and O–H groups in total. The number of carbonyl (C=O) groups excluding carboxylic acids is 1. The topological polar surface area (TPSA) is 17.1 Å². The highest BCUT2D eigenvalue weighted by atomic mass is 127. The lowest BCUT2D eigenvalue weighted by molar-refractivity contribution is -0.107. The maximum Gasteiger partial charge on any atom is 0.265 e. The van der Waals surface area contributed by atoms with Gasteiger partial charge in [0.2, 0.25) is 0 Å². The second-order valence-electron chi connectivity index (χ2n) is 2.82. The first kappa shape index (κ1) is 11.6. The zero-order chi connectivity index (χ0) is 10.6. The van der Waals surface area contributed by atoms with E-state index < -0.39 is 6.43 Å². The van der Waals surface area contributed by atoms with E-state index in [0.29, 0.717) is 22.0 Å². The van der Waals surface area contributed by atoms with Crippen LogP contribution in [0.3, 0.4) is 0 Å². The first-order valence-electron chi connectivity index (χ1n) is 4.16. The van der Waals surface area contributed by atoms with Crippen LogP contribution in [0.4, 0.5) is 8.78 Å². The van der Waals surface area contributed by atoms with Gasteiger partial charge in [0.05, 0.1) is 0 Å². The Kier molecular flexibility index (Phi) is 4.44. The minimum Gasteiger partial charge on any atom is -0.303 e. The lowest BCUT2D eigenvalue weighted by atomic mass is 10.0. The van der Waals surface area contributed by atoms with Crippen LogP contribution in [-0.4, -0.2) is 6.29 Å². The van der Waals surface area contributed by atoms with Gasteiger partial charge in [0, 0.05) is 15.6 Å². The van der Waals surface area contributed by atoms with E-state index in [2.05, 4.69) is 0 Å². The molecular formula is C10H9F2IO. The van der Waals surface area contributed by atoms with Gasteiger partial charge in [0.1, 0.15) is 6.29 Å². The standard InChI is InChI=1S/C10H9F2IO/c11-10(12)9-7(4-2-6-14)3-1-5-8(9)13/h1,3,5-6,10H,2,4H2. The third kappa shape index (κ3) is 2.73. The van der Waals surface area contributed by atoms with E-state index in [0.717, 1.165) is 6.29 Å². The SMILES string of the molecule is O=CCCc1cccc(I)c1C(F)F. The summed E-state index contributed by atoms with van der Waals surface area (Å²) in [6.45, 7) is 0. The highest BCUT2D eigenvalue weighted by molar-refractivity contribution is 14.1. The molecule has 0 aliphatic heterocycles. The van der Waals surface area contributed by atoms with Crippen LogP contribution in [0.1, 0.15) is 24.0 Å². The number of aldehydes is 1. The molecule has 1 rings (SSSR count). The molecule has 0 aromatic heterocycles. The van der Waals surface area contributed by atoms with E-state index in [1.54, 1.807) is 18.2 Å². The van der Waals surface area contributed by atoms with E-state index in [9.17, 15) is 13.6 Å². The molecule has 0 heterocycles. The molecule has 0 saturated carbocycles. The summed E-state index contributed by atoms with van der Waals surface area (Å²) >= 11 is 1.88. The van der Waals surface area contributed by atoms with Crippen molar-refractivity contribution < 1.29 is 13.6 Å². The van der Waals surface area contributed by atoms with E-state index >= 15 is 0 Å². The van der Waals surface area contributed by atoms with E-state index in [4.69, 9.17) is 0 Å². The number of alkyl halides is 2. The Labute approximate surface area is 94.6 Å². The summed E-state index contributed by atoms with van der Waals surface area (Å²) < 4.78 is 25.8. The summed E-state index contributed by atoms with van der Waals surface area (Å²) in [4.78, 5) is 10.2. The molecule has 0 saturated heterocycles. The smallest absolute Gasteiger partial charge is 0.265 e. The van der Waals surface area contributed by atoms with Crippen LogP contribution in [-0.2, 0) is 11.2 Å². The van der Waals surface area contributed by atoms with E-state index in [1.807, 2.05) is 22.6 Å². The third-order valence-corrected chi connectivity index (χ3v) is 2.83. The number of rotatable bonds is 4. The molecule has 0 radical (unpaired) electrons. The molecule has 1 aromatic carbocycles. The number of hydrogen-bond donors (Lipinski definition) is 0. The first-order valence-corrected chi connectivity index (χ1v) is 5.23. The van der Waals surface area contributed by atoms with Gasteiger partial charge >= 0.3 is 0 Å². The number of halogens is 3. The van der Waals surface area contributed by atoms with Crippen LogP contribution in [0.15, 0.2) is 18.2 Å². The molecule has 1 aromatic rings. The van der Waals surface area contributed by atoms with Crippen molar-refractivity contribution in [2.45, 2.75) is 19.3 Å². The van der Waals surface area contributed by atoms with Gasteiger partial charge < -0.3 is 4.79 Å². The van der Waals surface area contributed by atoms with Crippen molar-refractivity contribution >= 4 is 28.9 Å². The fourth-order valence-corrected chi connectivity index (χ4v) is 2.05. The second-order valence-corrected chi connectivity index (χ2v) is 3.98. The van der Waals surface area contributed by atoms with Gasteiger partial charge in [-0.25, -0.2) is 8.78 Å². The van der Waals surface area contributed by atoms with Crippen LogP contribution >= 0.6 is 22.6 Å². The van der Waals surface area contributed by atoms with Gasteiger partial charge in [-0.05, 0) is 40.6 Å². The first-order chi connectivity index (χ1) is 6.66. The van der Waals surface area contributed by atoms with Crippen LogP contribution in [0.25, 0.3) is 0 Å². The summed E-state index contributed by atoms with van der Waals surface area (Å²) in [6.07, 6.45) is -1.04. The quantitative estimate of drug-likeness (QED) is 0.616. The van der Waals surface area contributed by atoms with Crippen molar-refractivity contribution in [3.8, 4) is 0 Å². The van der Waals surface area contributed by atoms with Crippen molar-refractivity contribution in [1.29, 1.82) is 0 Å². The van der Waals surface area contributed by atoms with Crippen molar-refractivity contribution in [2.75, 3.05) is 0 Å².